The predicted octanol–water partition coefficient (Wildman–Crippen LogP) is 4.04. The van der Waals surface area contributed by atoms with Crippen molar-refractivity contribution in [3.8, 4) is 18.1 Å². The van der Waals surface area contributed by atoms with Crippen LogP contribution in [0.2, 0.25) is 0 Å². The van der Waals surface area contributed by atoms with Crippen molar-refractivity contribution >= 4 is 17.4 Å². The number of oxime groups is 2. The first-order valence-corrected chi connectivity index (χ1v) is 9.80. The molecule has 0 aliphatic heterocycles. The molecule has 0 saturated heterocycles. The van der Waals surface area contributed by atoms with E-state index in [2.05, 4.69) is 23.2 Å². The zero-order chi connectivity index (χ0) is 22.8. The highest BCUT2D eigenvalue weighted by Gasteiger charge is 2.26. The van der Waals surface area contributed by atoms with Crippen molar-refractivity contribution in [3.63, 3.8) is 0 Å². The number of nitrogens with zero attached hydrogens (tertiary/aromatic N) is 2. The molecular weight excluding hydrogens is 396 g/mol. The van der Waals surface area contributed by atoms with Crippen LogP contribution in [0.4, 0.5) is 0 Å². The fourth-order valence-corrected chi connectivity index (χ4v) is 3.11. The maximum atomic E-state index is 12.2. The zero-order valence-corrected chi connectivity index (χ0v) is 18.7. The molecule has 0 heterocycles. The fourth-order valence-electron chi connectivity index (χ4n) is 3.11. The Balaban J connectivity index is 2.22. The summed E-state index contributed by atoms with van der Waals surface area (Å²) in [5.41, 5.74) is 5.75. The van der Waals surface area contributed by atoms with Crippen molar-refractivity contribution in [2.24, 2.45) is 10.3 Å². The molecule has 1 aromatic rings. The van der Waals surface area contributed by atoms with Crippen LogP contribution in [0.15, 0.2) is 56.9 Å². The standard InChI is InChI=1S/C24H28N2O5/c1-7-11-30-21-10-8-9-19(14-21)18(4)25-31-15-20-12-16(2)17(3)13-22(20)23(26-29-6)24(27)28-5/h1,8-10,14H,11-13,15H2,2-6H3/b25-18+,26-23+. The lowest BCUT2D eigenvalue weighted by Gasteiger charge is -2.22. The van der Waals surface area contributed by atoms with E-state index in [-0.39, 0.29) is 18.9 Å². The third-order valence-corrected chi connectivity index (χ3v) is 4.94. The van der Waals surface area contributed by atoms with Gasteiger partial charge in [-0.25, -0.2) is 4.79 Å². The van der Waals surface area contributed by atoms with E-state index < -0.39 is 5.97 Å². The highest BCUT2D eigenvalue weighted by Crippen LogP contribution is 2.31. The van der Waals surface area contributed by atoms with E-state index in [9.17, 15) is 4.79 Å². The van der Waals surface area contributed by atoms with Crippen LogP contribution >= 0.6 is 0 Å². The van der Waals surface area contributed by atoms with E-state index in [1.54, 1.807) is 0 Å². The number of ether oxygens (including phenoxy) is 2. The molecule has 0 N–H and O–H groups in total. The molecule has 0 amide bonds. The molecule has 1 aromatic carbocycles. The van der Waals surface area contributed by atoms with Crippen molar-refractivity contribution in [3.05, 3.63) is 52.1 Å². The van der Waals surface area contributed by atoms with Gasteiger partial charge in [0.15, 0.2) is 5.71 Å². The largest absolute Gasteiger partial charge is 0.481 e. The molecule has 0 atom stereocenters. The first-order chi connectivity index (χ1) is 14.9. The molecular formula is C24H28N2O5. The van der Waals surface area contributed by atoms with Crippen LogP contribution in [0.5, 0.6) is 5.75 Å². The van der Waals surface area contributed by atoms with Gasteiger partial charge < -0.3 is 19.1 Å². The summed E-state index contributed by atoms with van der Waals surface area (Å²) in [5, 5.41) is 8.14. The van der Waals surface area contributed by atoms with Gasteiger partial charge in [-0.15, -0.1) is 6.42 Å². The Kier molecular flexibility index (Phi) is 8.89. The zero-order valence-electron chi connectivity index (χ0n) is 18.7. The van der Waals surface area contributed by atoms with Gasteiger partial charge in [-0.3, -0.25) is 0 Å². The second-order valence-corrected chi connectivity index (χ2v) is 7.08. The van der Waals surface area contributed by atoms with Gasteiger partial charge in [-0.05, 0) is 56.9 Å². The van der Waals surface area contributed by atoms with Gasteiger partial charge in [0.1, 0.15) is 26.1 Å². The van der Waals surface area contributed by atoms with Gasteiger partial charge in [0.2, 0.25) is 0 Å². The molecule has 7 nitrogen and oxygen atoms in total. The quantitative estimate of drug-likeness (QED) is 0.197. The Morgan fingerprint density at radius 3 is 2.58 bits per heavy atom. The summed E-state index contributed by atoms with van der Waals surface area (Å²) in [6, 6.07) is 7.45. The maximum Gasteiger partial charge on any atom is 0.360 e. The average Bonchev–Trinajstić information content (AvgIpc) is 2.78. The minimum atomic E-state index is -0.551. The van der Waals surface area contributed by atoms with Gasteiger partial charge in [0, 0.05) is 5.56 Å². The number of hydrogen-bond acceptors (Lipinski definition) is 7. The number of terminal acetylenes is 1. The van der Waals surface area contributed by atoms with Crippen molar-refractivity contribution < 1.29 is 23.9 Å². The van der Waals surface area contributed by atoms with Crippen LogP contribution in [0, 0.1) is 12.3 Å². The van der Waals surface area contributed by atoms with E-state index in [4.69, 9.17) is 25.6 Å². The highest BCUT2D eigenvalue weighted by atomic mass is 16.6. The number of rotatable bonds is 9. The van der Waals surface area contributed by atoms with Crippen molar-refractivity contribution in [1.82, 2.24) is 0 Å². The van der Waals surface area contributed by atoms with Crippen LogP contribution in [0.3, 0.4) is 0 Å². The number of carbonyl (C=O) groups is 1. The Hall–Kier alpha value is -3.53. The maximum absolute atomic E-state index is 12.2. The lowest BCUT2D eigenvalue weighted by Crippen LogP contribution is -2.23. The van der Waals surface area contributed by atoms with Crippen molar-refractivity contribution in [1.29, 1.82) is 0 Å². The first-order valence-electron chi connectivity index (χ1n) is 9.80. The summed E-state index contributed by atoms with van der Waals surface area (Å²) in [4.78, 5) is 22.8. The third kappa shape index (κ3) is 6.48. The molecule has 7 heteroatoms. The molecule has 1 aliphatic rings. The van der Waals surface area contributed by atoms with Crippen molar-refractivity contribution in [2.75, 3.05) is 27.4 Å². The van der Waals surface area contributed by atoms with E-state index in [0.717, 1.165) is 16.7 Å². The summed E-state index contributed by atoms with van der Waals surface area (Å²) in [6.45, 7) is 6.35. The van der Waals surface area contributed by atoms with Crippen LogP contribution in [0.25, 0.3) is 0 Å². The number of esters is 1. The van der Waals surface area contributed by atoms with Gasteiger partial charge in [-0.2, -0.15) is 0 Å². The van der Waals surface area contributed by atoms with Gasteiger partial charge in [-0.1, -0.05) is 39.5 Å². The van der Waals surface area contributed by atoms with Gasteiger partial charge in [0.05, 0.1) is 12.8 Å². The molecule has 1 aliphatic carbocycles. The van der Waals surface area contributed by atoms with Crippen LogP contribution in [-0.2, 0) is 19.2 Å². The predicted molar refractivity (Wildman–Crippen MR) is 120 cm³/mol. The van der Waals surface area contributed by atoms with E-state index in [0.29, 0.717) is 24.3 Å². The summed E-state index contributed by atoms with van der Waals surface area (Å²) in [5.74, 6) is 2.55. The first kappa shape index (κ1) is 23.7. The van der Waals surface area contributed by atoms with Crippen LogP contribution in [0.1, 0.15) is 39.2 Å². The monoisotopic (exact) mass is 424 g/mol. The minimum absolute atomic E-state index is 0.148. The number of benzene rings is 1. The number of allylic oxidation sites excluding steroid dienone is 2. The lowest BCUT2D eigenvalue weighted by atomic mass is 9.85. The lowest BCUT2D eigenvalue weighted by molar-refractivity contribution is -0.132. The Bertz CT molecular complexity index is 980. The van der Waals surface area contributed by atoms with Gasteiger partial charge in [0.25, 0.3) is 0 Å². The summed E-state index contributed by atoms with van der Waals surface area (Å²) in [7, 11) is 2.71. The molecule has 2 rings (SSSR count). The van der Waals surface area contributed by atoms with E-state index in [1.165, 1.54) is 25.4 Å². The summed E-state index contributed by atoms with van der Waals surface area (Å²) >= 11 is 0. The molecule has 0 unspecified atom stereocenters. The number of hydrogen-bond donors (Lipinski definition) is 0. The molecule has 164 valence electrons. The van der Waals surface area contributed by atoms with E-state index in [1.807, 2.05) is 38.1 Å². The minimum Gasteiger partial charge on any atom is -0.481 e. The molecule has 0 saturated carbocycles. The average molecular weight is 424 g/mol. The summed E-state index contributed by atoms with van der Waals surface area (Å²) < 4.78 is 10.3. The van der Waals surface area contributed by atoms with Crippen LogP contribution < -0.4 is 4.74 Å². The second-order valence-electron chi connectivity index (χ2n) is 7.08. The SMILES string of the molecule is C#CCOc1cccc(/C(C)=N/OCC2=C(/C(=N\OC)C(=O)OC)CC(C)=C(C)C2)c1. The normalized spacial score (nSPS) is 14.8. The molecule has 31 heavy (non-hydrogen) atoms. The second kappa shape index (κ2) is 11.6. The molecule has 0 radical (unpaired) electrons. The molecule has 0 bridgehead atoms. The molecule has 0 spiro atoms. The molecule has 0 aromatic heterocycles. The fraction of sp³-hybridized carbons (Fsp3) is 0.375. The highest BCUT2D eigenvalue weighted by molar-refractivity contribution is 6.43. The van der Waals surface area contributed by atoms with Gasteiger partial charge >= 0.3 is 5.97 Å². The third-order valence-electron chi connectivity index (χ3n) is 4.94. The smallest absolute Gasteiger partial charge is 0.360 e. The molecule has 0 fully saturated rings. The van der Waals surface area contributed by atoms with E-state index >= 15 is 0 Å². The topological polar surface area (TPSA) is 78.7 Å². The Labute approximate surface area is 183 Å². The Morgan fingerprint density at radius 2 is 1.90 bits per heavy atom. The van der Waals surface area contributed by atoms with Crippen molar-refractivity contribution in [2.45, 2.75) is 33.6 Å². The summed E-state index contributed by atoms with van der Waals surface area (Å²) in [6.07, 6.45) is 6.46. The number of methoxy groups -OCH3 is 1. The Morgan fingerprint density at radius 1 is 1.16 bits per heavy atom. The number of carbonyl (C=O) groups excluding carboxylic acids is 1. The van der Waals surface area contributed by atoms with Crippen LogP contribution in [-0.4, -0.2) is 44.8 Å².